The molecule has 214 valence electrons. The van der Waals surface area contributed by atoms with Gasteiger partial charge in [0.15, 0.2) is 0 Å². The van der Waals surface area contributed by atoms with E-state index < -0.39 is 40.2 Å². The van der Waals surface area contributed by atoms with Gasteiger partial charge < -0.3 is 19.6 Å². The molecule has 7 nitrogen and oxygen atoms in total. The van der Waals surface area contributed by atoms with Crippen molar-refractivity contribution in [3.8, 4) is 0 Å². The van der Waals surface area contributed by atoms with Crippen molar-refractivity contribution < 1.29 is 24.2 Å². The van der Waals surface area contributed by atoms with Crippen molar-refractivity contribution in [2.75, 3.05) is 19.8 Å². The van der Waals surface area contributed by atoms with Crippen LogP contribution in [0.4, 0.5) is 0 Å². The normalized spacial score (nSPS) is 31.2. The van der Waals surface area contributed by atoms with Crippen LogP contribution in [0.5, 0.6) is 0 Å². The van der Waals surface area contributed by atoms with Crippen LogP contribution in [0.25, 0.3) is 0 Å². The lowest BCUT2D eigenvalue weighted by Gasteiger charge is -2.46. The number of esters is 1. The molecule has 3 saturated heterocycles. The van der Waals surface area contributed by atoms with E-state index in [1.807, 2.05) is 11.8 Å². The van der Waals surface area contributed by atoms with E-state index in [0.717, 1.165) is 6.42 Å². The molecule has 9 heteroatoms. The molecule has 3 aliphatic rings. The molecule has 2 amide bonds. The van der Waals surface area contributed by atoms with Crippen LogP contribution in [-0.4, -0.2) is 84.9 Å². The van der Waals surface area contributed by atoms with Gasteiger partial charge in [-0.25, -0.2) is 0 Å². The first-order chi connectivity index (χ1) is 17.7. The summed E-state index contributed by atoms with van der Waals surface area (Å²) < 4.78 is 4.80. The number of carbonyl (C=O) groups excluding carboxylic acids is 3. The van der Waals surface area contributed by atoms with E-state index in [2.05, 4.69) is 63.7 Å². The molecule has 0 aromatic heterocycles. The number of aliphatic hydroxyl groups is 1. The van der Waals surface area contributed by atoms with Gasteiger partial charge in [-0.3, -0.25) is 14.4 Å². The van der Waals surface area contributed by atoms with E-state index in [4.69, 9.17) is 4.74 Å². The average molecular weight is 614 g/mol. The first kappa shape index (κ1) is 31.2. The first-order valence-corrected chi connectivity index (χ1v) is 15.4. The van der Waals surface area contributed by atoms with E-state index in [9.17, 15) is 19.5 Å². The molecule has 0 aliphatic carbocycles. The highest BCUT2D eigenvalue weighted by molar-refractivity contribution is 9.09. The average Bonchev–Trinajstić information content (AvgIpc) is 3.40. The quantitative estimate of drug-likeness (QED) is 0.150. The van der Waals surface area contributed by atoms with Crippen LogP contribution in [0, 0.1) is 17.3 Å². The monoisotopic (exact) mass is 612 g/mol. The Labute approximate surface area is 240 Å². The molecule has 3 heterocycles. The Hall–Kier alpha value is -1.32. The van der Waals surface area contributed by atoms with Crippen LogP contribution in [0.3, 0.4) is 0 Å². The van der Waals surface area contributed by atoms with E-state index in [-0.39, 0.29) is 40.5 Å². The predicted molar refractivity (Wildman–Crippen MR) is 156 cm³/mol. The lowest BCUT2D eigenvalue weighted by molar-refractivity contribution is -0.154. The lowest BCUT2D eigenvalue weighted by atomic mass is 9.70. The number of aliphatic hydroxyl groups excluding tert-OH is 1. The molecule has 0 aromatic rings. The van der Waals surface area contributed by atoms with Crippen molar-refractivity contribution in [2.24, 2.45) is 17.3 Å². The fraction of sp³-hybridized carbons (Fsp3) is 0.759. The van der Waals surface area contributed by atoms with Gasteiger partial charge >= 0.3 is 5.97 Å². The zero-order valence-corrected chi connectivity index (χ0v) is 26.1. The minimum atomic E-state index is -0.794. The number of nitrogens with zero attached hydrogens (tertiary/aromatic N) is 2. The maximum atomic E-state index is 14.7. The molecule has 2 bridgehead atoms. The summed E-state index contributed by atoms with van der Waals surface area (Å²) in [6.45, 7) is 20.4. The summed E-state index contributed by atoms with van der Waals surface area (Å²) in [4.78, 5) is 45.8. The SMILES string of the molecule is C=CCCOC(=O)[C@H]1[C@H]2C(=O)N([C@@H](CC)CO)C(C(=O)N(CC=C)C(C)(C)CC(C)(C)C)C23CC(Br)[C@@H]1S3. The second-order valence-corrected chi connectivity index (χ2v) is 15.4. The van der Waals surface area contributed by atoms with E-state index in [1.165, 1.54) is 0 Å². The lowest BCUT2D eigenvalue weighted by Crippen LogP contribution is -2.61. The number of alkyl halides is 1. The maximum Gasteiger partial charge on any atom is 0.310 e. The fourth-order valence-corrected chi connectivity index (χ4v) is 10.6. The van der Waals surface area contributed by atoms with Gasteiger partial charge in [-0.05, 0) is 44.9 Å². The van der Waals surface area contributed by atoms with Crippen LogP contribution in [0.2, 0.25) is 0 Å². The zero-order chi connectivity index (χ0) is 28.6. The van der Waals surface area contributed by atoms with Crippen LogP contribution < -0.4 is 0 Å². The number of hydrogen-bond donors (Lipinski definition) is 1. The van der Waals surface area contributed by atoms with Crippen molar-refractivity contribution in [3.05, 3.63) is 25.3 Å². The molecule has 38 heavy (non-hydrogen) atoms. The third-order valence-corrected chi connectivity index (χ3v) is 11.4. The Kier molecular flexibility index (Phi) is 9.57. The number of carbonyl (C=O) groups is 3. The summed E-state index contributed by atoms with van der Waals surface area (Å²) in [6.07, 6.45) is 5.80. The Morgan fingerprint density at radius 2 is 1.95 bits per heavy atom. The molecule has 7 atom stereocenters. The van der Waals surface area contributed by atoms with Crippen molar-refractivity contribution >= 4 is 45.5 Å². The van der Waals surface area contributed by atoms with Crippen molar-refractivity contribution in [2.45, 2.75) is 99.7 Å². The molecule has 0 aromatic carbocycles. The topological polar surface area (TPSA) is 87.1 Å². The molecule has 3 unspecified atom stereocenters. The molecule has 1 N–H and O–H groups in total. The van der Waals surface area contributed by atoms with Crippen LogP contribution in [0.15, 0.2) is 25.3 Å². The number of amides is 2. The second-order valence-electron chi connectivity index (χ2n) is 12.7. The van der Waals surface area contributed by atoms with Gasteiger partial charge in [-0.1, -0.05) is 55.8 Å². The molecule has 3 aliphatic heterocycles. The van der Waals surface area contributed by atoms with Gasteiger partial charge in [-0.2, -0.15) is 0 Å². The third kappa shape index (κ3) is 5.49. The first-order valence-electron chi connectivity index (χ1n) is 13.7. The van der Waals surface area contributed by atoms with Gasteiger partial charge in [0.25, 0.3) is 0 Å². The standard InChI is InChI=1S/C29H45BrN2O5S/c1-9-12-14-37-26(36)20-21-24(34)32(18(11-3)16-33)23(29(21)15-19(30)22(20)38-29)25(35)31(13-10-2)28(7,8)17-27(4,5)6/h9-10,18-23,33H,1-2,11-17H2,3-8H3/t18-,19?,20-,21-,22-,23?,29?/m0/s1. The molecule has 0 radical (unpaired) electrons. The molecule has 3 fully saturated rings. The molecule has 0 saturated carbocycles. The molecule has 3 rings (SSSR count). The Balaban J connectivity index is 2.11. The fourth-order valence-electron chi connectivity index (χ4n) is 7.07. The number of thioether (sulfide) groups is 1. The van der Waals surface area contributed by atoms with Gasteiger partial charge in [0.2, 0.25) is 11.8 Å². The minimum absolute atomic E-state index is 0.0337. The highest BCUT2D eigenvalue weighted by Crippen LogP contribution is 2.68. The highest BCUT2D eigenvalue weighted by Gasteiger charge is 2.76. The van der Waals surface area contributed by atoms with E-state index in [1.54, 1.807) is 28.8 Å². The number of likely N-dealkylation sites (tertiary alicyclic amines) is 1. The summed E-state index contributed by atoms with van der Waals surface area (Å²) in [5.74, 6) is -2.09. The van der Waals surface area contributed by atoms with E-state index in [0.29, 0.717) is 25.8 Å². The van der Waals surface area contributed by atoms with Crippen LogP contribution >= 0.6 is 27.7 Å². The maximum absolute atomic E-state index is 14.7. The smallest absolute Gasteiger partial charge is 0.310 e. The molecular formula is C29H45BrN2O5S. The number of ether oxygens (including phenoxy) is 1. The third-order valence-electron chi connectivity index (χ3n) is 8.15. The summed E-state index contributed by atoms with van der Waals surface area (Å²) in [5, 5.41) is 10.1. The Morgan fingerprint density at radius 3 is 2.47 bits per heavy atom. The van der Waals surface area contributed by atoms with Crippen molar-refractivity contribution in [1.82, 2.24) is 9.80 Å². The predicted octanol–water partition coefficient (Wildman–Crippen LogP) is 4.57. The van der Waals surface area contributed by atoms with Crippen LogP contribution in [-0.2, 0) is 19.1 Å². The second kappa shape index (κ2) is 11.7. The number of halogens is 1. The number of fused-ring (bicyclic) bond motifs is 1. The zero-order valence-electron chi connectivity index (χ0n) is 23.7. The van der Waals surface area contributed by atoms with Gasteiger partial charge in [-0.15, -0.1) is 24.9 Å². The molecule has 1 spiro atoms. The largest absolute Gasteiger partial charge is 0.465 e. The summed E-state index contributed by atoms with van der Waals surface area (Å²) in [6, 6.07) is -1.31. The molecular weight excluding hydrogens is 568 g/mol. The van der Waals surface area contributed by atoms with Gasteiger partial charge in [0, 0.05) is 22.2 Å². The minimum Gasteiger partial charge on any atom is -0.465 e. The highest BCUT2D eigenvalue weighted by atomic mass is 79.9. The number of hydrogen-bond acceptors (Lipinski definition) is 6. The Morgan fingerprint density at radius 1 is 1.29 bits per heavy atom. The van der Waals surface area contributed by atoms with Crippen molar-refractivity contribution in [3.63, 3.8) is 0 Å². The summed E-state index contributed by atoms with van der Waals surface area (Å²) in [7, 11) is 0. The van der Waals surface area contributed by atoms with Crippen LogP contribution in [0.1, 0.15) is 67.2 Å². The Bertz CT molecular complexity index is 946. The summed E-state index contributed by atoms with van der Waals surface area (Å²) >= 11 is 5.38. The van der Waals surface area contributed by atoms with Gasteiger partial charge in [0.05, 0.1) is 35.8 Å². The number of rotatable bonds is 12. The van der Waals surface area contributed by atoms with E-state index >= 15 is 0 Å². The van der Waals surface area contributed by atoms with Crippen molar-refractivity contribution in [1.29, 1.82) is 0 Å². The summed E-state index contributed by atoms with van der Waals surface area (Å²) in [5.41, 5.74) is -0.542. The van der Waals surface area contributed by atoms with Gasteiger partial charge in [0.1, 0.15) is 6.04 Å².